The van der Waals surface area contributed by atoms with Crippen molar-refractivity contribution in [3.8, 4) is 17.3 Å². The largest absolute Gasteiger partial charge is 0.494 e. The smallest absolute Gasteiger partial charge is 0.227 e. The summed E-state index contributed by atoms with van der Waals surface area (Å²) < 4.78 is 35.1. The van der Waals surface area contributed by atoms with Crippen molar-refractivity contribution in [1.29, 1.82) is 0 Å². The molecule has 0 spiro atoms. The predicted octanol–water partition coefficient (Wildman–Crippen LogP) is 3.64. The second kappa shape index (κ2) is 9.71. The minimum Gasteiger partial charge on any atom is -0.494 e. The van der Waals surface area contributed by atoms with Gasteiger partial charge in [-0.3, -0.25) is 0 Å². The molecule has 0 unspecified atom stereocenters. The van der Waals surface area contributed by atoms with Crippen LogP contribution in [0, 0.1) is 11.6 Å². The second-order valence-electron chi connectivity index (χ2n) is 8.48. The maximum absolute atomic E-state index is 14.2. The summed E-state index contributed by atoms with van der Waals surface area (Å²) in [5.74, 6) is -0.188. The van der Waals surface area contributed by atoms with E-state index in [1.807, 2.05) is 27.2 Å². The highest BCUT2D eigenvalue weighted by atomic mass is 19.1. The van der Waals surface area contributed by atoms with Gasteiger partial charge in [0.25, 0.3) is 0 Å². The van der Waals surface area contributed by atoms with Crippen molar-refractivity contribution in [3.05, 3.63) is 48.2 Å². The highest BCUT2D eigenvalue weighted by Gasteiger charge is 2.17. The van der Waals surface area contributed by atoms with Gasteiger partial charge >= 0.3 is 0 Å². The number of likely N-dealkylation sites (N-methyl/N-ethyl adjacent to an activating group) is 2. The first-order valence-electron chi connectivity index (χ1n) is 10.9. The third-order valence-electron chi connectivity index (χ3n) is 5.68. The van der Waals surface area contributed by atoms with Crippen LogP contribution in [0.3, 0.4) is 0 Å². The van der Waals surface area contributed by atoms with Gasteiger partial charge in [-0.25, -0.2) is 23.7 Å². The molecule has 11 heteroatoms. The van der Waals surface area contributed by atoms with Crippen molar-refractivity contribution in [1.82, 2.24) is 24.4 Å². The van der Waals surface area contributed by atoms with Crippen LogP contribution in [-0.4, -0.2) is 65.8 Å². The van der Waals surface area contributed by atoms with Crippen molar-refractivity contribution in [2.75, 3.05) is 57.3 Å². The maximum Gasteiger partial charge on any atom is 0.227 e. The molecule has 2 aromatic heterocycles. The van der Waals surface area contributed by atoms with Crippen LogP contribution < -0.4 is 20.7 Å². The number of hydrogen-bond donors (Lipinski definition) is 2. The summed E-state index contributed by atoms with van der Waals surface area (Å²) in [5, 5.41) is 3.14. The normalized spacial score (nSPS) is 11.3. The predicted molar refractivity (Wildman–Crippen MR) is 134 cm³/mol. The molecule has 184 valence electrons. The molecule has 0 radical (unpaired) electrons. The molecule has 9 nitrogen and oxygen atoms in total. The van der Waals surface area contributed by atoms with E-state index < -0.39 is 11.6 Å². The monoisotopic (exact) mass is 482 g/mol. The first kappa shape index (κ1) is 24.1. The zero-order chi connectivity index (χ0) is 25.3. The lowest BCUT2D eigenvalue weighted by Crippen LogP contribution is -2.29. The number of hydrogen-bond acceptors (Lipinski definition) is 8. The molecule has 2 heterocycles. The number of imidazole rings is 1. The number of aromatic nitrogens is 4. The summed E-state index contributed by atoms with van der Waals surface area (Å²) in [4.78, 5) is 17.3. The van der Waals surface area contributed by atoms with Gasteiger partial charge in [0.1, 0.15) is 22.8 Å². The van der Waals surface area contributed by atoms with Gasteiger partial charge in [0, 0.05) is 45.5 Å². The van der Waals surface area contributed by atoms with Gasteiger partial charge in [-0.05, 0) is 32.3 Å². The van der Waals surface area contributed by atoms with Gasteiger partial charge < -0.3 is 30.2 Å². The molecule has 0 bridgehead atoms. The minimum atomic E-state index is -0.731. The lowest BCUT2D eigenvalue weighted by Gasteiger charge is -2.24. The van der Waals surface area contributed by atoms with Crippen LogP contribution in [0.1, 0.15) is 0 Å². The molecule has 35 heavy (non-hydrogen) atoms. The van der Waals surface area contributed by atoms with Gasteiger partial charge in [-0.2, -0.15) is 0 Å². The molecular formula is C24H28F2N8O. The summed E-state index contributed by atoms with van der Waals surface area (Å²) in [5.41, 5.74) is 9.18. The van der Waals surface area contributed by atoms with Crippen molar-refractivity contribution < 1.29 is 13.5 Å². The van der Waals surface area contributed by atoms with E-state index in [2.05, 4.69) is 30.1 Å². The summed E-state index contributed by atoms with van der Waals surface area (Å²) in [6.45, 7) is 1.67. The lowest BCUT2D eigenvalue weighted by atomic mass is 10.2. The molecule has 4 aromatic rings. The number of ether oxygens (including phenoxy) is 1. The fourth-order valence-electron chi connectivity index (χ4n) is 3.76. The van der Waals surface area contributed by atoms with Gasteiger partial charge in [-0.15, -0.1) is 0 Å². The van der Waals surface area contributed by atoms with Gasteiger partial charge in [0.05, 0.1) is 29.7 Å². The van der Waals surface area contributed by atoms with Crippen LogP contribution >= 0.6 is 0 Å². The molecule has 0 aliphatic rings. The molecule has 0 atom stereocenters. The van der Waals surface area contributed by atoms with Crippen LogP contribution in [0.25, 0.3) is 22.6 Å². The highest BCUT2D eigenvalue weighted by molar-refractivity contribution is 5.81. The third kappa shape index (κ3) is 4.94. The number of nitrogen functional groups attached to an aromatic ring is 1. The number of benzene rings is 2. The van der Waals surface area contributed by atoms with Crippen LogP contribution in [0.2, 0.25) is 0 Å². The number of methoxy groups -OCH3 is 1. The Labute approximate surface area is 202 Å². The number of nitrogens with two attached hydrogens (primary N) is 1. The molecule has 2 aromatic carbocycles. The van der Waals surface area contributed by atoms with Gasteiger partial charge in [0.15, 0.2) is 11.6 Å². The van der Waals surface area contributed by atoms with Gasteiger partial charge in [0.2, 0.25) is 5.95 Å². The minimum absolute atomic E-state index is 0.0699. The fraction of sp³-hybridized carbons (Fsp3) is 0.292. The molecule has 3 N–H and O–H groups in total. The second-order valence-corrected chi connectivity index (χ2v) is 8.48. The molecule has 0 aliphatic heterocycles. The number of nitrogens with one attached hydrogen (secondary N) is 1. The Morgan fingerprint density at radius 1 is 1.09 bits per heavy atom. The van der Waals surface area contributed by atoms with Crippen LogP contribution in [0.5, 0.6) is 5.75 Å². The Kier molecular flexibility index (Phi) is 6.70. The van der Waals surface area contributed by atoms with Crippen LogP contribution in [0.15, 0.2) is 36.5 Å². The van der Waals surface area contributed by atoms with Crippen molar-refractivity contribution in [2.45, 2.75) is 0 Å². The number of fused-ring (bicyclic) bond motifs is 1. The SMILES string of the molecule is COc1cc(N(C)CCN(C)C)c(N)cc1Nc1nccc(-c2nc3c(F)cc(F)cc3n2C)n1. The van der Waals surface area contributed by atoms with Crippen molar-refractivity contribution in [2.24, 2.45) is 7.05 Å². The zero-order valence-electron chi connectivity index (χ0n) is 20.3. The molecule has 4 rings (SSSR count). The van der Waals surface area contributed by atoms with Gasteiger partial charge in [-0.1, -0.05) is 0 Å². The van der Waals surface area contributed by atoms with E-state index in [1.54, 1.807) is 37.1 Å². The molecule has 0 amide bonds. The molecule has 0 aliphatic carbocycles. The topological polar surface area (TPSA) is 97.4 Å². The van der Waals surface area contributed by atoms with E-state index in [0.717, 1.165) is 24.8 Å². The Morgan fingerprint density at radius 3 is 2.57 bits per heavy atom. The Morgan fingerprint density at radius 2 is 1.86 bits per heavy atom. The number of nitrogens with zero attached hydrogens (tertiary/aromatic N) is 6. The quantitative estimate of drug-likeness (QED) is 0.368. The van der Waals surface area contributed by atoms with Crippen molar-refractivity contribution in [3.63, 3.8) is 0 Å². The molecular weight excluding hydrogens is 454 g/mol. The number of anilines is 4. The van der Waals surface area contributed by atoms with E-state index in [0.29, 0.717) is 34.2 Å². The maximum atomic E-state index is 14.2. The summed E-state index contributed by atoms with van der Waals surface area (Å²) >= 11 is 0. The van der Waals surface area contributed by atoms with Crippen molar-refractivity contribution >= 4 is 34.0 Å². The zero-order valence-corrected chi connectivity index (χ0v) is 20.3. The van der Waals surface area contributed by atoms with Crippen LogP contribution in [0.4, 0.5) is 31.8 Å². The summed E-state index contributed by atoms with van der Waals surface area (Å²) in [6.07, 6.45) is 1.56. The number of aryl methyl sites for hydroxylation is 1. The molecule has 0 saturated carbocycles. The molecule has 0 saturated heterocycles. The average Bonchev–Trinajstić information content (AvgIpc) is 3.14. The Bertz CT molecular complexity index is 1370. The van der Waals surface area contributed by atoms with E-state index in [9.17, 15) is 8.78 Å². The number of rotatable bonds is 8. The number of halogens is 2. The molecule has 0 fully saturated rings. The van der Waals surface area contributed by atoms with E-state index in [1.165, 1.54) is 6.07 Å². The summed E-state index contributed by atoms with van der Waals surface area (Å²) in [7, 11) is 9.25. The standard InChI is InChI=1S/C24H28F2N8O/c1-32(2)8-9-33(3)19-13-21(35-5)18(12-16(19)27)30-24-28-7-6-17(29-24)23-31-22-15(26)10-14(25)11-20(22)34(23)4/h6-7,10-13H,8-9,27H2,1-5H3,(H,28,29,30). The Hall–Kier alpha value is -3.99. The van der Waals surface area contributed by atoms with Crippen LogP contribution in [-0.2, 0) is 7.05 Å². The fourth-order valence-corrected chi connectivity index (χ4v) is 3.76. The first-order valence-corrected chi connectivity index (χ1v) is 10.9. The van der Waals surface area contributed by atoms with E-state index >= 15 is 0 Å². The summed E-state index contributed by atoms with van der Waals surface area (Å²) in [6, 6.07) is 7.32. The van der Waals surface area contributed by atoms with E-state index in [-0.39, 0.29) is 11.5 Å². The lowest BCUT2D eigenvalue weighted by molar-refractivity contribution is 0.413. The Balaban J connectivity index is 1.65. The average molecular weight is 483 g/mol. The first-order chi connectivity index (χ1) is 16.7. The highest BCUT2D eigenvalue weighted by Crippen LogP contribution is 2.36. The van der Waals surface area contributed by atoms with E-state index in [4.69, 9.17) is 10.5 Å². The third-order valence-corrected chi connectivity index (χ3v) is 5.68.